The van der Waals surface area contributed by atoms with Gasteiger partial charge in [-0.25, -0.2) is 0 Å². The molecule has 0 unspecified atom stereocenters. The zero-order chi connectivity index (χ0) is 29.1. The molecule has 0 saturated heterocycles. The molecule has 7 nitrogen and oxygen atoms in total. The minimum absolute atomic E-state index is 0.0457. The summed E-state index contributed by atoms with van der Waals surface area (Å²) in [6.45, 7) is 2.63. The topological polar surface area (TPSA) is 86.0 Å². The van der Waals surface area contributed by atoms with Crippen LogP contribution >= 0.6 is 15.9 Å². The fourth-order valence-electron chi connectivity index (χ4n) is 5.73. The number of nitrogens with one attached hydrogen (secondary N) is 1. The van der Waals surface area contributed by atoms with E-state index in [1.165, 1.54) is 28.9 Å². The Kier molecular flexibility index (Phi) is 8.06. The summed E-state index contributed by atoms with van der Waals surface area (Å²) in [7, 11) is 0. The van der Waals surface area contributed by atoms with Crippen molar-refractivity contribution in [3.05, 3.63) is 134 Å². The van der Waals surface area contributed by atoms with Crippen LogP contribution in [-0.2, 0) is 6.61 Å². The molecule has 1 aliphatic heterocycles. The first-order valence-electron chi connectivity index (χ1n) is 14.0. The van der Waals surface area contributed by atoms with Crippen molar-refractivity contribution in [2.45, 2.75) is 31.9 Å². The normalized spacial score (nSPS) is 18.8. The Hall–Kier alpha value is -4.43. The molecule has 212 valence electrons. The first-order valence-corrected chi connectivity index (χ1v) is 14.8. The first kappa shape index (κ1) is 27.7. The molecule has 0 saturated carbocycles. The number of non-ortho nitro benzene ring substituents is 1. The van der Waals surface area contributed by atoms with Gasteiger partial charge in [0.2, 0.25) is 0 Å². The van der Waals surface area contributed by atoms with E-state index in [-0.39, 0.29) is 18.3 Å². The van der Waals surface area contributed by atoms with Gasteiger partial charge in [-0.05, 0) is 99.9 Å². The van der Waals surface area contributed by atoms with Crippen molar-refractivity contribution < 1.29 is 14.4 Å². The van der Waals surface area contributed by atoms with Crippen LogP contribution in [0.4, 0.5) is 17.1 Å². The molecule has 1 aliphatic carbocycles. The standard InChI is InChI=1S/C34H30BrN3O4/c1-2-41-32-19-23(18-30(35)34(32)42-21-22-10-16-26(17-11-22)38(39)40)20-36-25-14-12-24(13-15-25)33-29-8-5-7-27(29)28-6-3-4-9-31(28)37-33/h3-7,9-20,27,29,33,37H,2,8,21H2,1H3/t27-,29+,33+/m1/s1. The number of aliphatic imine (C=N–C) groups is 1. The molecule has 0 amide bonds. The lowest BCUT2D eigenvalue weighted by Gasteiger charge is -2.37. The number of ether oxygens (including phenoxy) is 2. The number of rotatable bonds is 9. The average molecular weight is 625 g/mol. The lowest BCUT2D eigenvalue weighted by atomic mass is 9.77. The molecular weight excluding hydrogens is 594 g/mol. The van der Waals surface area contributed by atoms with E-state index >= 15 is 0 Å². The largest absolute Gasteiger partial charge is 0.490 e. The van der Waals surface area contributed by atoms with Gasteiger partial charge in [0.15, 0.2) is 11.5 Å². The quantitative estimate of drug-likeness (QED) is 0.0870. The van der Waals surface area contributed by atoms with Crippen LogP contribution in [0.1, 0.15) is 47.6 Å². The third kappa shape index (κ3) is 5.81. The number of benzene rings is 4. The molecule has 4 aromatic rings. The summed E-state index contributed by atoms with van der Waals surface area (Å²) < 4.78 is 12.7. The Morgan fingerprint density at radius 3 is 2.60 bits per heavy atom. The second-order valence-corrected chi connectivity index (χ2v) is 11.2. The third-order valence-electron chi connectivity index (χ3n) is 7.75. The van der Waals surface area contributed by atoms with E-state index in [1.54, 1.807) is 12.1 Å². The Morgan fingerprint density at radius 2 is 1.83 bits per heavy atom. The van der Waals surface area contributed by atoms with Gasteiger partial charge in [-0.3, -0.25) is 15.1 Å². The molecule has 0 aromatic heterocycles. The van der Waals surface area contributed by atoms with Gasteiger partial charge >= 0.3 is 0 Å². The van der Waals surface area contributed by atoms with Gasteiger partial charge in [0.05, 0.1) is 27.7 Å². The highest BCUT2D eigenvalue weighted by molar-refractivity contribution is 9.10. The average Bonchev–Trinajstić information content (AvgIpc) is 3.50. The number of nitrogens with zero attached hydrogens (tertiary/aromatic N) is 2. The van der Waals surface area contributed by atoms with Crippen molar-refractivity contribution >= 4 is 39.2 Å². The third-order valence-corrected chi connectivity index (χ3v) is 8.34. The molecule has 0 fully saturated rings. The summed E-state index contributed by atoms with van der Waals surface area (Å²) in [6.07, 6.45) is 7.55. The molecule has 1 N–H and O–H groups in total. The molecule has 0 bridgehead atoms. The van der Waals surface area contributed by atoms with Gasteiger partial charge in [0.1, 0.15) is 6.61 Å². The Bertz CT molecular complexity index is 1650. The van der Waals surface area contributed by atoms with Crippen LogP contribution in [0.2, 0.25) is 0 Å². The van der Waals surface area contributed by atoms with Gasteiger partial charge in [-0.1, -0.05) is 42.5 Å². The van der Waals surface area contributed by atoms with Crippen molar-refractivity contribution in [3.8, 4) is 11.5 Å². The molecule has 3 atom stereocenters. The smallest absolute Gasteiger partial charge is 0.269 e. The fourth-order valence-corrected chi connectivity index (χ4v) is 6.30. The predicted octanol–water partition coefficient (Wildman–Crippen LogP) is 8.91. The van der Waals surface area contributed by atoms with Gasteiger partial charge in [-0.2, -0.15) is 0 Å². The Balaban J connectivity index is 1.16. The van der Waals surface area contributed by atoms with E-state index in [4.69, 9.17) is 14.5 Å². The SMILES string of the molecule is CCOc1cc(C=Nc2ccc([C@@H]3Nc4ccccc4[C@H]4C=CC[C@@H]43)cc2)cc(Br)c1OCc1ccc([N+](=O)[O-])cc1. The van der Waals surface area contributed by atoms with E-state index in [0.29, 0.717) is 29.9 Å². The minimum atomic E-state index is -0.418. The summed E-state index contributed by atoms with van der Waals surface area (Å²) in [4.78, 5) is 15.2. The molecule has 2 aliphatic rings. The maximum Gasteiger partial charge on any atom is 0.269 e. The van der Waals surface area contributed by atoms with E-state index in [9.17, 15) is 10.1 Å². The minimum Gasteiger partial charge on any atom is -0.490 e. The van der Waals surface area contributed by atoms with E-state index in [2.05, 4.69) is 81.9 Å². The molecule has 1 heterocycles. The lowest BCUT2D eigenvalue weighted by Crippen LogP contribution is -2.28. The summed E-state index contributed by atoms with van der Waals surface area (Å²) in [5.74, 6) is 2.11. The maximum absolute atomic E-state index is 10.9. The molecule has 42 heavy (non-hydrogen) atoms. The van der Waals surface area contributed by atoms with Crippen LogP contribution in [0.3, 0.4) is 0 Å². The van der Waals surface area contributed by atoms with Crippen LogP contribution in [0.25, 0.3) is 0 Å². The zero-order valence-corrected chi connectivity index (χ0v) is 24.7. The van der Waals surface area contributed by atoms with Crippen LogP contribution < -0.4 is 14.8 Å². The zero-order valence-electron chi connectivity index (χ0n) is 23.1. The van der Waals surface area contributed by atoms with Gasteiger partial charge < -0.3 is 14.8 Å². The highest BCUT2D eigenvalue weighted by Gasteiger charge is 2.37. The summed E-state index contributed by atoms with van der Waals surface area (Å²) in [5.41, 5.74) is 6.45. The van der Waals surface area contributed by atoms with E-state index in [0.717, 1.165) is 27.7 Å². The van der Waals surface area contributed by atoms with Crippen molar-refractivity contribution in [1.82, 2.24) is 0 Å². The van der Waals surface area contributed by atoms with Crippen molar-refractivity contribution in [1.29, 1.82) is 0 Å². The van der Waals surface area contributed by atoms with Crippen molar-refractivity contribution in [2.75, 3.05) is 11.9 Å². The summed E-state index contributed by atoms with van der Waals surface area (Å²) in [6, 6.07) is 27.5. The fraction of sp³-hybridized carbons (Fsp3) is 0.206. The molecule has 8 heteroatoms. The molecule has 0 radical (unpaired) electrons. The van der Waals surface area contributed by atoms with E-state index < -0.39 is 4.92 Å². The molecule has 6 rings (SSSR count). The Morgan fingerprint density at radius 1 is 1.05 bits per heavy atom. The number of hydrogen-bond acceptors (Lipinski definition) is 6. The van der Waals surface area contributed by atoms with Crippen LogP contribution in [-0.4, -0.2) is 17.7 Å². The van der Waals surface area contributed by atoms with Crippen LogP contribution in [0.5, 0.6) is 11.5 Å². The van der Waals surface area contributed by atoms with Crippen LogP contribution in [0.15, 0.2) is 107 Å². The number of para-hydroxylation sites is 1. The molecule has 0 spiro atoms. The van der Waals surface area contributed by atoms with Gasteiger partial charge in [-0.15, -0.1) is 0 Å². The molecular formula is C34H30BrN3O4. The number of fused-ring (bicyclic) bond motifs is 3. The predicted molar refractivity (Wildman–Crippen MR) is 169 cm³/mol. The number of allylic oxidation sites excluding steroid dienone is 2. The van der Waals surface area contributed by atoms with E-state index in [1.807, 2.05) is 25.3 Å². The second-order valence-electron chi connectivity index (χ2n) is 10.4. The van der Waals surface area contributed by atoms with Crippen molar-refractivity contribution in [2.24, 2.45) is 10.9 Å². The highest BCUT2D eigenvalue weighted by Crippen LogP contribution is 2.49. The monoisotopic (exact) mass is 623 g/mol. The van der Waals surface area contributed by atoms with Gasteiger partial charge in [0, 0.05) is 30.0 Å². The number of anilines is 1. The molecule has 4 aromatic carbocycles. The lowest BCUT2D eigenvalue weighted by molar-refractivity contribution is -0.384. The van der Waals surface area contributed by atoms with Gasteiger partial charge in [0.25, 0.3) is 5.69 Å². The maximum atomic E-state index is 10.9. The summed E-state index contributed by atoms with van der Waals surface area (Å²) in [5, 5.41) is 14.7. The van der Waals surface area contributed by atoms with Crippen molar-refractivity contribution in [3.63, 3.8) is 0 Å². The number of hydrogen-bond donors (Lipinski definition) is 1. The number of halogens is 1. The van der Waals surface area contributed by atoms with Crippen LogP contribution in [0, 0.1) is 16.0 Å². The first-order chi connectivity index (χ1) is 20.5. The number of nitro benzene ring substituents is 1. The second kappa shape index (κ2) is 12.2. The summed E-state index contributed by atoms with van der Waals surface area (Å²) >= 11 is 3.62. The number of nitro groups is 1. The highest BCUT2D eigenvalue weighted by atomic mass is 79.9. The Labute approximate surface area is 253 Å².